The number of benzene rings is 2. The van der Waals surface area contributed by atoms with Crippen molar-refractivity contribution < 1.29 is 4.74 Å². The smallest absolute Gasteiger partial charge is 0.126 e. The van der Waals surface area contributed by atoms with Crippen LogP contribution in [-0.2, 0) is 0 Å². The molecule has 0 saturated carbocycles. The fourth-order valence-corrected chi connectivity index (χ4v) is 2.09. The summed E-state index contributed by atoms with van der Waals surface area (Å²) in [5.41, 5.74) is 3.50. The number of hydrogen-bond acceptors (Lipinski definition) is 2. The lowest BCUT2D eigenvalue weighted by Gasteiger charge is -2.11. The molecular weight excluding hydrogens is 258 g/mol. The number of methoxy groups -OCH3 is 1. The first-order chi connectivity index (χ1) is 9.17. The predicted octanol–water partition coefficient (Wildman–Crippen LogP) is 4.90. The normalized spacial score (nSPS) is 10.0. The molecule has 0 radical (unpaired) electrons. The third-order valence-corrected chi connectivity index (χ3v) is 3.08. The molecule has 0 unspecified atom stereocenters. The third kappa shape index (κ3) is 2.69. The molecular formula is C16H14ClNO. The van der Waals surface area contributed by atoms with Crippen LogP contribution in [0.25, 0.3) is 16.2 Å². The highest BCUT2D eigenvalue weighted by atomic mass is 35.5. The Hall–Kier alpha value is -2.06. The lowest BCUT2D eigenvalue weighted by molar-refractivity contribution is 0.416. The van der Waals surface area contributed by atoms with Crippen molar-refractivity contribution in [2.45, 2.75) is 0 Å². The summed E-state index contributed by atoms with van der Waals surface area (Å²) in [6, 6.07) is 13.6. The molecule has 2 rings (SSSR count). The van der Waals surface area contributed by atoms with Gasteiger partial charge in [-0.15, -0.1) is 0 Å². The van der Waals surface area contributed by atoms with Crippen molar-refractivity contribution in [2.75, 3.05) is 7.11 Å². The van der Waals surface area contributed by atoms with Crippen LogP contribution in [-0.4, -0.2) is 13.8 Å². The number of ether oxygens (including phenoxy) is 1. The van der Waals surface area contributed by atoms with Gasteiger partial charge in [0, 0.05) is 16.2 Å². The molecule has 96 valence electrons. The minimum Gasteiger partial charge on any atom is -0.496 e. The molecule has 2 aromatic carbocycles. The molecule has 0 aliphatic heterocycles. The van der Waals surface area contributed by atoms with Crippen LogP contribution in [0.3, 0.4) is 0 Å². The maximum absolute atomic E-state index is 6.01. The first-order valence-electron chi connectivity index (χ1n) is 5.76. The van der Waals surface area contributed by atoms with E-state index in [-0.39, 0.29) is 0 Å². The van der Waals surface area contributed by atoms with Gasteiger partial charge in [-0.2, -0.15) is 0 Å². The Morgan fingerprint density at radius 3 is 2.58 bits per heavy atom. The van der Waals surface area contributed by atoms with Crippen LogP contribution in [0.1, 0.15) is 5.56 Å². The molecule has 0 spiro atoms. The molecule has 0 fully saturated rings. The van der Waals surface area contributed by atoms with Crippen LogP contribution in [0.15, 0.2) is 54.0 Å². The Morgan fingerprint density at radius 1 is 1.21 bits per heavy atom. The minimum atomic E-state index is 0.444. The van der Waals surface area contributed by atoms with Crippen molar-refractivity contribution in [1.82, 2.24) is 0 Å². The van der Waals surface area contributed by atoms with Crippen molar-refractivity contribution in [3.63, 3.8) is 0 Å². The average Bonchev–Trinajstić information content (AvgIpc) is 2.46. The topological polar surface area (TPSA) is 21.6 Å². The lowest BCUT2D eigenvalue weighted by Crippen LogP contribution is -1.88. The Labute approximate surface area is 118 Å². The number of halogens is 1. The number of hydrogen-bond donors (Lipinski definition) is 0. The highest BCUT2D eigenvalue weighted by Gasteiger charge is 2.09. The summed E-state index contributed by atoms with van der Waals surface area (Å²) < 4.78 is 5.37. The number of para-hydroxylation sites is 1. The van der Waals surface area contributed by atoms with Crippen molar-refractivity contribution in [1.29, 1.82) is 0 Å². The highest BCUT2D eigenvalue weighted by Crippen LogP contribution is 2.35. The van der Waals surface area contributed by atoms with E-state index in [1.54, 1.807) is 7.11 Å². The zero-order valence-electron chi connectivity index (χ0n) is 10.7. The molecule has 2 nitrogen and oxygen atoms in total. The van der Waals surface area contributed by atoms with Gasteiger partial charge in [0.1, 0.15) is 5.75 Å². The number of nitrogens with zero attached hydrogens (tertiary/aromatic N) is 1. The van der Waals surface area contributed by atoms with Gasteiger partial charge in [-0.1, -0.05) is 42.4 Å². The molecule has 0 atom stereocenters. The lowest BCUT2D eigenvalue weighted by atomic mass is 10.0. The monoisotopic (exact) mass is 271 g/mol. The molecule has 0 N–H and O–H groups in total. The fraction of sp³-hybridized carbons (Fsp3) is 0.0625. The third-order valence-electron chi connectivity index (χ3n) is 2.88. The molecule has 3 heteroatoms. The van der Waals surface area contributed by atoms with Crippen LogP contribution >= 0.6 is 11.6 Å². The van der Waals surface area contributed by atoms with E-state index in [1.807, 2.05) is 42.5 Å². The molecule has 0 bridgehead atoms. The van der Waals surface area contributed by atoms with Gasteiger partial charge in [-0.25, -0.2) is 0 Å². The molecule has 0 aliphatic rings. The van der Waals surface area contributed by atoms with Crippen LogP contribution < -0.4 is 4.74 Å². The van der Waals surface area contributed by atoms with E-state index in [2.05, 4.69) is 18.3 Å². The summed E-state index contributed by atoms with van der Waals surface area (Å²) in [6.07, 6.45) is 0. The molecule has 0 aliphatic carbocycles. The minimum absolute atomic E-state index is 0.444. The first-order valence-corrected chi connectivity index (χ1v) is 6.14. The molecule has 0 saturated heterocycles. The standard InChI is InChI=1S/C16H14ClNO/c1-11(17)14-10-12(8-9-15(14)18-2)13-6-4-5-7-16(13)19-3/h4-10H,1-2H2,3H3. The van der Waals surface area contributed by atoms with E-state index in [0.717, 1.165) is 28.1 Å². The second-order valence-electron chi connectivity index (χ2n) is 4.00. The summed E-state index contributed by atoms with van der Waals surface area (Å²) in [6.45, 7) is 7.29. The van der Waals surface area contributed by atoms with Crippen molar-refractivity contribution >= 4 is 29.0 Å². The van der Waals surface area contributed by atoms with Crippen LogP contribution in [0.5, 0.6) is 5.75 Å². The largest absolute Gasteiger partial charge is 0.496 e. The Bertz CT molecular complexity index is 634. The summed E-state index contributed by atoms with van der Waals surface area (Å²) in [7, 11) is 1.65. The predicted molar refractivity (Wildman–Crippen MR) is 82.5 cm³/mol. The van der Waals surface area contributed by atoms with E-state index < -0.39 is 0 Å². The SMILES string of the molecule is C=Nc1ccc(-c2ccccc2OC)cc1C(=C)Cl. The molecule has 19 heavy (non-hydrogen) atoms. The summed E-state index contributed by atoms with van der Waals surface area (Å²) in [5, 5.41) is 0.444. The van der Waals surface area contributed by atoms with E-state index in [9.17, 15) is 0 Å². The number of aliphatic imine (C=N–C) groups is 1. The van der Waals surface area contributed by atoms with Crippen molar-refractivity contribution in [2.24, 2.45) is 4.99 Å². The first kappa shape index (κ1) is 13.4. The van der Waals surface area contributed by atoms with E-state index in [4.69, 9.17) is 16.3 Å². The van der Waals surface area contributed by atoms with Gasteiger partial charge < -0.3 is 4.74 Å². The second kappa shape index (κ2) is 5.72. The van der Waals surface area contributed by atoms with Gasteiger partial charge in [-0.3, -0.25) is 4.99 Å². The van der Waals surface area contributed by atoms with Crippen molar-refractivity contribution in [3.8, 4) is 16.9 Å². The van der Waals surface area contributed by atoms with Crippen LogP contribution in [0.4, 0.5) is 5.69 Å². The highest BCUT2D eigenvalue weighted by molar-refractivity contribution is 6.48. The average molecular weight is 272 g/mol. The maximum atomic E-state index is 6.01. The van der Waals surface area contributed by atoms with Crippen molar-refractivity contribution in [3.05, 3.63) is 54.6 Å². The quantitative estimate of drug-likeness (QED) is 0.725. The summed E-state index contributed by atoms with van der Waals surface area (Å²) in [5.74, 6) is 0.813. The van der Waals surface area contributed by atoms with Gasteiger partial charge in [0.05, 0.1) is 12.8 Å². The second-order valence-corrected chi connectivity index (χ2v) is 4.45. The Kier molecular flexibility index (Phi) is 4.03. The van der Waals surface area contributed by atoms with E-state index in [0.29, 0.717) is 5.03 Å². The fourth-order valence-electron chi connectivity index (χ4n) is 1.94. The van der Waals surface area contributed by atoms with Crippen LogP contribution in [0.2, 0.25) is 0 Å². The van der Waals surface area contributed by atoms with Crippen LogP contribution in [0, 0.1) is 0 Å². The number of rotatable bonds is 4. The summed E-state index contributed by atoms with van der Waals surface area (Å²) >= 11 is 6.01. The van der Waals surface area contributed by atoms with Gasteiger partial charge in [0.2, 0.25) is 0 Å². The zero-order chi connectivity index (χ0) is 13.8. The van der Waals surface area contributed by atoms with Gasteiger partial charge in [0.25, 0.3) is 0 Å². The van der Waals surface area contributed by atoms with Gasteiger partial charge >= 0.3 is 0 Å². The Balaban J connectivity index is 2.60. The maximum Gasteiger partial charge on any atom is 0.126 e. The molecule has 0 amide bonds. The summed E-state index contributed by atoms with van der Waals surface area (Å²) in [4.78, 5) is 3.94. The molecule has 0 aromatic heterocycles. The van der Waals surface area contributed by atoms with Gasteiger partial charge in [-0.05, 0) is 30.5 Å². The zero-order valence-corrected chi connectivity index (χ0v) is 11.4. The molecule has 2 aromatic rings. The van der Waals surface area contributed by atoms with Gasteiger partial charge in [0.15, 0.2) is 0 Å². The van der Waals surface area contributed by atoms with E-state index >= 15 is 0 Å². The Morgan fingerprint density at radius 2 is 1.95 bits per heavy atom. The molecule has 0 heterocycles. The van der Waals surface area contributed by atoms with E-state index in [1.165, 1.54) is 0 Å².